The molecular weight excluding hydrogens is 414 g/mol. The Hall–Kier alpha value is -2.03. The number of carbonyl (C=O) groups excluding carboxylic acids is 2. The van der Waals surface area contributed by atoms with Gasteiger partial charge in [-0.1, -0.05) is 0 Å². The van der Waals surface area contributed by atoms with E-state index in [0.29, 0.717) is 24.3 Å². The lowest BCUT2D eigenvalue weighted by atomic mass is 10.1. The predicted molar refractivity (Wildman–Crippen MR) is 108 cm³/mol. The van der Waals surface area contributed by atoms with Gasteiger partial charge < -0.3 is 9.64 Å². The number of benzene rings is 1. The summed E-state index contributed by atoms with van der Waals surface area (Å²) in [7, 11) is -0.945. The number of fused-ring (bicyclic) bond motifs is 2. The Bertz CT molecular complexity index is 883. The first-order valence-corrected chi connectivity index (χ1v) is 12.0. The van der Waals surface area contributed by atoms with Crippen LogP contribution in [-0.4, -0.2) is 52.3 Å². The van der Waals surface area contributed by atoms with Crippen molar-refractivity contribution in [1.29, 1.82) is 0 Å². The van der Waals surface area contributed by atoms with E-state index in [1.54, 1.807) is 4.90 Å². The van der Waals surface area contributed by atoms with Crippen molar-refractivity contribution in [3.8, 4) is 0 Å². The van der Waals surface area contributed by atoms with Crippen molar-refractivity contribution >= 4 is 34.1 Å². The third kappa shape index (κ3) is 3.61. The predicted octanol–water partition coefficient (Wildman–Crippen LogP) is 3.15. The maximum atomic E-state index is 15.0. The van der Waals surface area contributed by atoms with Crippen LogP contribution in [0.2, 0.25) is 0 Å². The molecule has 2 bridgehead atoms. The van der Waals surface area contributed by atoms with Gasteiger partial charge in [0.25, 0.3) is 0 Å². The number of hydrogen-bond acceptors (Lipinski definition) is 5. The lowest BCUT2D eigenvalue weighted by Gasteiger charge is -2.36. The lowest BCUT2D eigenvalue weighted by molar-refractivity contribution is -0.120. The molecule has 1 aromatic rings. The first-order chi connectivity index (χ1) is 14.4. The van der Waals surface area contributed by atoms with Gasteiger partial charge in [-0.05, 0) is 32.1 Å². The molecule has 2 unspecified atom stereocenters. The highest BCUT2D eigenvalue weighted by Crippen LogP contribution is 2.40. The summed E-state index contributed by atoms with van der Waals surface area (Å²) in [4.78, 5) is 27.1. The fourth-order valence-corrected chi connectivity index (χ4v) is 6.55. The van der Waals surface area contributed by atoms with Gasteiger partial charge in [-0.3, -0.25) is 13.9 Å². The number of hydrogen-bond donors (Lipinski definition) is 0. The Balaban J connectivity index is 1.31. The first kappa shape index (κ1) is 19.9. The van der Waals surface area contributed by atoms with Crippen molar-refractivity contribution in [1.82, 2.24) is 0 Å². The molecule has 1 aromatic carbocycles. The molecule has 6 nitrogen and oxygen atoms in total. The molecule has 0 spiro atoms. The fraction of sp³-hybridized carbons (Fsp3) is 0.619. The lowest BCUT2D eigenvalue weighted by Crippen LogP contribution is -2.48. The van der Waals surface area contributed by atoms with Gasteiger partial charge in [0.2, 0.25) is 0 Å². The molecule has 30 heavy (non-hydrogen) atoms. The molecule has 162 valence electrons. The van der Waals surface area contributed by atoms with Gasteiger partial charge in [0.05, 0.1) is 12.2 Å². The van der Waals surface area contributed by atoms with Crippen molar-refractivity contribution in [2.45, 2.75) is 56.7 Å². The Kier molecular flexibility index (Phi) is 5.03. The summed E-state index contributed by atoms with van der Waals surface area (Å²) < 4.78 is 47.3. The quantitative estimate of drug-likeness (QED) is 0.683. The first-order valence-electron chi connectivity index (χ1n) is 10.5. The minimum atomic E-state index is -0.945. The van der Waals surface area contributed by atoms with Crippen molar-refractivity contribution in [3.63, 3.8) is 0 Å². The second-order valence-corrected chi connectivity index (χ2v) is 10.3. The van der Waals surface area contributed by atoms with Crippen LogP contribution in [0.5, 0.6) is 0 Å². The summed E-state index contributed by atoms with van der Waals surface area (Å²) in [5.41, 5.74) is 0.0183. The van der Waals surface area contributed by atoms with Crippen LogP contribution in [0.3, 0.4) is 0 Å². The SMILES string of the molecule is O=C(CC[C@H]1CN(c2cc(F)c(N3C4CCC3CS(=O)C4)c(F)c2)C(=O)O1)C1CC1. The standard InChI is InChI=1S/C21H24F2N2O4S/c22-17-7-15(24-9-16(29-21(24)27)5-6-19(26)12-1-2-12)8-18(23)20(17)25-13-3-4-14(25)11-30(28)10-13/h7-8,12-14,16H,1-6,9-11H2/t13?,14?,16-,30?/m0/s1. The van der Waals surface area contributed by atoms with Gasteiger partial charge in [-0.15, -0.1) is 0 Å². The molecular formula is C21H24F2N2O4S. The molecule has 9 heteroatoms. The van der Waals surface area contributed by atoms with E-state index in [4.69, 9.17) is 4.74 Å². The zero-order valence-electron chi connectivity index (χ0n) is 16.5. The maximum absolute atomic E-state index is 15.0. The molecule has 1 saturated carbocycles. The van der Waals surface area contributed by atoms with Gasteiger partial charge >= 0.3 is 6.09 Å². The molecule has 4 aliphatic rings. The largest absolute Gasteiger partial charge is 0.444 e. The minimum Gasteiger partial charge on any atom is -0.444 e. The number of Topliss-reactive ketones (excluding diaryl/α,β-unsaturated/α-hetero) is 1. The molecule has 3 aliphatic heterocycles. The van der Waals surface area contributed by atoms with Gasteiger partial charge in [-0.25, -0.2) is 13.6 Å². The van der Waals surface area contributed by atoms with Crippen LogP contribution in [0.15, 0.2) is 12.1 Å². The molecule has 1 aliphatic carbocycles. The topological polar surface area (TPSA) is 66.9 Å². The van der Waals surface area contributed by atoms with Gasteiger partial charge in [0, 0.05) is 58.9 Å². The molecule has 5 rings (SSSR count). The molecule has 0 N–H and O–H groups in total. The van der Waals surface area contributed by atoms with Crippen LogP contribution in [0.4, 0.5) is 25.0 Å². The van der Waals surface area contributed by atoms with E-state index in [1.165, 1.54) is 17.0 Å². The molecule has 4 fully saturated rings. The highest BCUT2D eigenvalue weighted by atomic mass is 32.2. The number of cyclic esters (lactones) is 1. The van der Waals surface area contributed by atoms with Gasteiger partial charge in [-0.2, -0.15) is 0 Å². The van der Waals surface area contributed by atoms with Crippen LogP contribution in [0, 0.1) is 17.6 Å². The van der Waals surface area contributed by atoms with Crippen molar-refractivity contribution in [2.75, 3.05) is 27.9 Å². The van der Waals surface area contributed by atoms with E-state index in [-0.39, 0.29) is 41.7 Å². The molecule has 1 amide bonds. The summed E-state index contributed by atoms with van der Waals surface area (Å²) in [6.45, 7) is 0.170. The van der Waals surface area contributed by atoms with E-state index in [9.17, 15) is 13.8 Å². The Labute approximate surface area is 176 Å². The fourth-order valence-electron chi connectivity index (χ4n) is 4.90. The van der Waals surface area contributed by atoms with Crippen LogP contribution < -0.4 is 9.80 Å². The zero-order chi connectivity index (χ0) is 21.0. The maximum Gasteiger partial charge on any atom is 0.414 e. The number of nitrogens with zero attached hydrogens (tertiary/aromatic N) is 2. The second-order valence-electron chi connectivity index (χ2n) is 8.72. The smallest absolute Gasteiger partial charge is 0.414 e. The van der Waals surface area contributed by atoms with Crippen molar-refractivity contribution < 1.29 is 27.3 Å². The normalized spacial score (nSPS) is 30.7. The van der Waals surface area contributed by atoms with E-state index >= 15 is 8.78 Å². The van der Waals surface area contributed by atoms with E-state index in [2.05, 4.69) is 0 Å². The molecule has 3 saturated heterocycles. The van der Waals surface area contributed by atoms with E-state index in [0.717, 1.165) is 25.7 Å². The summed E-state index contributed by atoms with van der Waals surface area (Å²) in [5, 5.41) is 0. The number of rotatable bonds is 6. The number of amides is 1. The third-order valence-corrected chi connectivity index (χ3v) is 8.08. The number of halogens is 2. The van der Waals surface area contributed by atoms with Gasteiger partial charge in [0.15, 0.2) is 11.6 Å². The Morgan fingerprint density at radius 2 is 1.73 bits per heavy atom. The van der Waals surface area contributed by atoms with Crippen LogP contribution >= 0.6 is 0 Å². The average molecular weight is 438 g/mol. The van der Waals surface area contributed by atoms with Crippen molar-refractivity contribution in [3.05, 3.63) is 23.8 Å². The molecule has 0 radical (unpaired) electrons. The Morgan fingerprint density at radius 3 is 2.33 bits per heavy atom. The molecule has 0 aromatic heterocycles. The minimum absolute atomic E-state index is 0.0953. The number of carbonyl (C=O) groups is 2. The number of ether oxygens (including phenoxy) is 1. The second kappa shape index (κ2) is 7.59. The highest BCUT2D eigenvalue weighted by Gasteiger charge is 2.42. The van der Waals surface area contributed by atoms with E-state index < -0.39 is 34.6 Å². The van der Waals surface area contributed by atoms with Crippen LogP contribution in [0.1, 0.15) is 38.5 Å². The summed E-state index contributed by atoms with van der Waals surface area (Å²) in [6, 6.07) is 2.10. The molecule has 3 atom stereocenters. The van der Waals surface area contributed by atoms with Crippen LogP contribution in [0.25, 0.3) is 0 Å². The van der Waals surface area contributed by atoms with Crippen LogP contribution in [-0.2, 0) is 20.3 Å². The number of anilines is 2. The summed E-state index contributed by atoms with van der Waals surface area (Å²) >= 11 is 0. The van der Waals surface area contributed by atoms with E-state index in [1.807, 2.05) is 0 Å². The summed E-state index contributed by atoms with van der Waals surface area (Å²) in [5.74, 6) is -0.239. The number of ketones is 1. The zero-order valence-corrected chi connectivity index (χ0v) is 17.3. The highest BCUT2D eigenvalue weighted by molar-refractivity contribution is 7.85. The van der Waals surface area contributed by atoms with Gasteiger partial charge in [0.1, 0.15) is 17.6 Å². The Morgan fingerprint density at radius 1 is 1.10 bits per heavy atom. The third-order valence-electron chi connectivity index (χ3n) is 6.57. The molecule has 3 heterocycles. The van der Waals surface area contributed by atoms with Crippen molar-refractivity contribution in [2.24, 2.45) is 5.92 Å². The average Bonchev–Trinajstić information content (AvgIpc) is 3.43. The monoisotopic (exact) mass is 438 g/mol. The summed E-state index contributed by atoms with van der Waals surface area (Å²) in [6.07, 6.45) is 3.10.